The normalized spacial score (nSPS) is 18.7. The lowest BCUT2D eigenvalue weighted by Gasteiger charge is -2.35. The van der Waals surface area contributed by atoms with Crippen molar-refractivity contribution in [1.29, 1.82) is 0 Å². The van der Waals surface area contributed by atoms with Crippen molar-refractivity contribution >= 4 is 29.1 Å². The van der Waals surface area contributed by atoms with Crippen molar-refractivity contribution < 1.29 is 19.5 Å². The molecule has 4 N–H and O–H groups in total. The molecule has 1 aromatic heterocycles. The number of aliphatic hydroxyl groups is 1. The fourth-order valence-corrected chi connectivity index (χ4v) is 5.15. The minimum absolute atomic E-state index is 0.0594. The number of likely N-dealkylation sites (N-methyl/N-ethyl adjacent to an activating group) is 1. The highest BCUT2D eigenvalue weighted by atomic mass is 32.1. The molecule has 0 bridgehead atoms. The van der Waals surface area contributed by atoms with Crippen LogP contribution in [0.3, 0.4) is 0 Å². The van der Waals surface area contributed by atoms with Crippen LogP contribution in [-0.4, -0.2) is 77.6 Å². The second-order valence-corrected chi connectivity index (χ2v) is 11.2. The van der Waals surface area contributed by atoms with Crippen molar-refractivity contribution in [2.24, 2.45) is 5.41 Å². The van der Waals surface area contributed by atoms with Gasteiger partial charge in [-0.3, -0.25) is 14.4 Å². The third-order valence-electron chi connectivity index (χ3n) is 6.29. The predicted octanol–water partition coefficient (Wildman–Crippen LogP) is 1.49. The molecule has 9 nitrogen and oxygen atoms in total. The lowest BCUT2D eigenvalue weighted by molar-refractivity contribution is -0.143. The van der Waals surface area contributed by atoms with Gasteiger partial charge in [-0.2, -0.15) is 0 Å². The molecule has 2 aromatic rings. The Labute approximate surface area is 216 Å². The van der Waals surface area contributed by atoms with Gasteiger partial charge in [0.2, 0.25) is 17.7 Å². The molecule has 1 fully saturated rings. The van der Waals surface area contributed by atoms with Gasteiger partial charge in [-0.1, -0.05) is 45.0 Å². The first kappa shape index (κ1) is 27.8. The van der Waals surface area contributed by atoms with Crippen molar-refractivity contribution in [3.8, 4) is 10.4 Å². The zero-order valence-corrected chi connectivity index (χ0v) is 22.4. The summed E-state index contributed by atoms with van der Waals surface area (Å²) in [6.45, 7) is 8.12. The van der Waals surface area contributed by atoms with Crippen molar-refractivity contribution in [2.75, 3.05) is 26.7 Å². The minimum Gasteiger partial charge on any atom is -0.391 e. The SMILES string of the molecule is CNCC(=O)N[C@H](C(=O)N1C[C@@H](O)C[C@H]1C(=O)NCCc1ccc(-c2scnc2C)cc1)C(C)(C)C. The number of aromatic nitrogens is 1. The molecule has 3 amide bonds. The molecule has 1 aliphatic rings. The van der Waals surface area contributed by atoms with Crippen LogP contribution < -0.4 is 16.0 Å². The van der Waals surface area contributed by atoms with Gasteiger partial charge in [-0.05, 0) is 36.9 Å². The van der Waals surface area contributed by atoms with E-state index in [1.54, 1.807) is 18.4 Å². The molecule has 196 valence electrons. The first-order valence-corrected chi connectivity index (χ1v) is 13.1. The van der Waals surface area contributed by atoms with Gasteiger partial charge in [-0.25, -0.2) is 4.98 Å². The highest BCUT2D eigenvalue weighted by Crippen LogP contribution is 2.28. The summed E-state index contributed by atoms with van der Waals surface area (Å²) in [7, 11) is 1.65. The highest BCUT2D eigenvalue weighted by molar-refractivity contribution is 7.13. The summed E-state index contributed by atoms with van der Waals surface area (Å²) in [4.78, 5) is 45.5. The Bertz CT molecular complexity index is 1060. The molecule has 0 aliphatic carbocycles. The van der Waals surface area contributed by atoms with Gasteiger partial charge in [0.05, 0.1) is 28.7 Å². The van der Waals surface area contributed by atoms with Crippen LogP contribution in [0.2, 0.25) is 0 Å². The maximum Gasteiger partial charge on any atom is 0.246 e. The second kappa shape index (κ2) is 11.9. The van der Waals surface area contributed by atoms with Crippen molar-refractivity contribution in [1.82, 2.24) is 25.8 Å². The number of β-amino-alcohol motifs (C(OH)–C–C–N with tert-alkyl or cyclic N) is 1. The number of aryl methyl sites for hydroxylation is 1. The Hall–Kier alpha value is -2.82. The number of nitrogens with zero attached hydrogens (tertiary/aromatic N) is 2. The van der Waals surface area contributed by atoms with E-state index in [-0.39, 0.29) is 37.2 Å². The van der Waals surface area contributed by atoms with Gasteiger partial charge in [0.15, 0.2) is 0 Å². The summed E-state index contributed by atoms with van der Waals surface area (Å²) in [6, 6.07) is 6.59. The molecular weight excluding hydrogens is 478 g/mol. The number of benzene rings is 1. The Kier molecular flexibility index (Phi) is 9.21. The molecule has 1 aromatic carbocycles. The summed E-state index contributed by atoms with van der Waals surface area (Å²) in [5.41, 5.74) is 4.47. The number of hydrogen-bond donors (Lipinski definition) is 4. The van der Waals surface area contributed by atoms with E-state index in [1.165, 1.54) is 4.90 Å². The zero-order valence-electron chi connectivity index (χ0n) is 21.6. The molecule has 3 atom stereocenters. The van der Waals surface area contributed by atoms with Gasteiger partial charge >= 0.3 is 0 Å². The average Bonchev–Trinajstić information content (AvgIpc) is 3.42. The number of nitrogens with one attached hydrogen (secondary N) is 3. The lowest BCUT2D eigenvalue weighted by Crippen LogP contribution is -2.58. The standard InChI is InChI=1S/C26H37N5O4S/c1-16-22(36-15-29-16)18-8-6-17(7-9-18)10-11-28-24(34)20-12-19(32)14-31(20)25(35)23(26(2,3)4)30-21(33)13-27-5/h6-9,15,19-20,23,27,32H,10-14H2,1-5H3,(H,28,34)(H,30,33)/t19-,20-,23+/m0/s1. The van der Waals surface area contributed by atoms with Crippen LogP contribution in [0, 0.1) is 12.3 Å². The van der Waals surface area contributed by atoms with Gasteiger partial charge < -0.3 is 26.0 Å². The molecule has 10 heteroatoms. The van der Waals surface area contributed by atoms with Crippen LogP contribution in [0.5, 0.6) is 0 Å². The summed E-state index contributed by atoms with van der Waals surface area (Å²) in [5.74, 6) is -0.966. The Morgan fingerprint density at radius 3 is 2.50 bits per heavy atom. The monoisotopic (exact) mass is 515 g/mol. The molecule has 0 spiro atoms. The average molecular weight is 516 g/mol. The van der Waals surface area contributed by atoms with E-state index >= 15 is 0 Å². The number of carbonyl (C=O) groups is 3. The Balaban J connectivity index is 1.60. The number of amides is 3. The number of likely N-dealkylation sites (tertiary alicyclic amines) is 1. The number of rotatable bonds is 9. The van der Waals surface area contributed by atoms with Crippen molar-refractivity contribution in [3.05, 3.63) is 41.0 Å². The van der Waals surface area contributed by atoms with Crippen LogP contribution in [-0.2, 0) is 20.8 Å². The molecule has 2 heterocycles. The van der Waals surface area contributed by atoms with Gasteiger partial charge in [0.25, 0.3) is 0 Å². The maximum absolute atomic E-state index is 13.4. The number of aliphatic hydroxyl groups excluding tert-OH is 1. The fourth-order valence-electron chi connectivity index (χ4n) is 4.34. The molecule has 0 radical (unpaired) electrons. The van der Waals surface area contributed by atoms with Gasteiger partial charge in [0, 0.05) is 19.5 Å². The van der Waals surface area contributed by atoms with Gasteiger partial charge in [0.1, 0.15) is 12.1 Å². The van der Waals surface area contributed by atoms with Crippen LogP contribution in [0.1, 0.15) is 38.4 Å². The molecule has 0 unspecified atom stereocenters. The molecule has 0 saturated carbocycles. The van der Waals surface area contributed by atoms with Crippen molar-refractivity contribution in [3.63, 3.8) is 0 Å². The highest BCUT2D eigenvalue weighted by Gasteiger charge is 2.44. The van der Waals surface area contributed by atoms with E-state index in [4.69, 9.17) is 0 Å². The first-order valence-electron chi connectivity index (χ1n) is 12.2. The number of thiazole rings is 1. The molecular formula is C26H37N5O4S. The molecule has 1 saturated heterocycles. The van der Waals surface area contributed by atoms with E-state index in [1.807, 2.05) is 45.3 Å². The third-order valence-corrected chi connectivity index (χ3v) is 7.27. The smallest absolute Gasteiger partial charge is 0.246 e. The molecule has 3 rings (SSSR count). The van der Waals surface area contributed by atoms with E-state index in [0.29, 0.717) is 13.0 Å². The van der Waals surface area contributed by atoms with Crippen LogP contribution in [0.25, 0.3) is 10.4 Å². The van der Waals surface area contributed by atoms with E-state index in [0.717, 1.165) is 21.7 Å². The summed E-state index contributed by atoms with van der Waals surface area (Å²) >= 11 is 1.61. The minimum atomic E-state index is -0.820. The maximum atomic E-state index is 13.4. The van der Waals surface area contributed by atoms with E-state index in [2.05, 4.69) is 33.1 Å². The largest absolute Gasteiger partial charge is 0.391 e. The topological polar surface area (TPSA) is 124 Å². The first-order chi connectivity index (χ1) is 17.0. The summed E-state index contributed by atoms with van der Waals surface area (Å²) in [6.07, 6.45) is 0.0183. The molecule has 36 heavy (non-hydrogen) atoms. The van der Waals surface area contributed by atoms with Crippen molar-refractivity contribution in [2.45, 2.75) is 58.7 Å². The van der Waals surface area contributed by atoms with E-state index < -0.39 is 23.6 Å². The Morgan fingerprint density at radius 2 is 1.92 bits per heavy atom. The zero-order chi connectivity index (χ0) is 26.5. The third kappa shape index (κ3) is 6.89. The Morgan fingerprint density at radius 1 is 1.22 bits per heavy atom. The predicted molar refractivity (Wildman–Crippen MR) is 140 cm³/mol. The fraction of sp³-hybridized carbons (Fsp3) is 0.538. The quantitative estimate of drug-likeness (QED) is 0.401. The number of hydrogen-bond acceptors (Lipinski definition) is 7. The lowest BCUT2D eigenvalue weighted by atomic mass is 9.85. The van der Waals surface area contributed by atoms with E-state index in [9.17, 15) is 19.5 Å². The second-order valence-electron chi connectivity index (χ2n) is 10.3. The number of carbonyl (C=O) groups excluding carboxylic acids is 3. The van der Waals surface area contributed by atoms with Gasteiger partial charge in [-0.15, -0.1) is 11.3 Å². The van der Waals surface area contributed by atoms with Crippen LogP contribution >= 0.6 is 11.3 Å². The van der Waals surface area contributed by atoms with Crippen LogP contribution in [0.4, 0.5) is 0 Å². The molecule has 1 aliphatic heterocycles. The van der Waals surface area contributed by atoms with Crippen LogP contribution in [0.15, 0.2) is 29.8 Å². The summed E-state index contributed by atoms with van der Waals surface area (Å²) in [5, 5.41) is 18.7. The summed E-state index contributed by atoms with van der Waals surface area (Å²) < 4.78 is 0.